The molecule has 22 heavy (non-hydrogen) atoms. The Morgan fingerprint density at radius 2 is 2.09 bits per heavy atom. The van der Waals surface area contributed by atoms with E-state index in [2.05, 4.69) is 5.32 Å². The van der Waals surface area contributed by atoms with Crippen LogP contribution in [0.4, 0.5) is 0 Å². The van der Waals surface area contributed by atoms with E-state index in [1.165, 1.54) is 0 Å². The van der Waals surface area contributed by atoms with Crippen molar-refractivity contribution in [1.29, 1.82) is 0 Å². The summed E-state index contributed by atoms with van der Waals surface area (Å²) in [5.74, 6) is 1.20. The van der Waals surface area contributed by atoms with Crippen LogP contribution in [0.5, 0.6) is 11.5 Å². The smallest absolute Gasteiger partial charge is 0.249 e. The highest BCUT2D eigenvalue weighted by atomic mass is 16.5. The lowest BCUT2D eigenvalue weighted by Gasteiger charge is -2.19. The topological polar surface area (TPSA) is 82.8 Å². The Bertz CT molecular complexity index is 521. The van der Waals surface area contributed by atoms with Crippen molar-refractivity contribution < 1.29 is 19.0 Å². The number of hydrogen-bond acceptors (Lipinski definition) is 5. The van der Waals surface area contributed by atoms with Crippen LogP contribution in [0.3, 0.4) is 0 Å². The minimum atomic E-state index is -0.406. The molecule has 1 aliphatic rings. The summed E-state index contributed by atoms with van der Waals surface area (Å²) in [6, 6.07) is 5.45. The van der Waals surface area contributed by atoms with Gasteiger partial charge in [0.05, 0.1) is 26.4 Å². The van der Waals surface area contributed by atoms with E-state index < -0.39 is 6.10 Å². The van der Waals surface area contributed by atoms with Crippen LogP contribution in [0.2, 0.25) is 0 Å². The quantitative estimate of drug-likeness (QED) is 0.830. The molecule has 0 radical (unpaired) electrons. The van der Waals surface area contributed by atoms with Gasteiger partial charge in [0.15, 0.2) is 11.5 Å². The number of nitrogens with one attached hydrogen (secondary N) is 1. The van der Waals surface area contributed by atoms with Crippen molar-refractivity contribution in [3.8, 4) is 11.5 Å². The molecule has 0 bridgehead atoms. The van der Waals surface area contributed by atoms with E-state index in [9.17, 15) is 4.79 Å². The number of benzene rings is 1. The van der Waals surface area contributed by atoms with Gasteiger partial charge in [0.2, 0.25) is 5.91 Å². The Kier molecular flexibility index (Phi) is 5.63. The van der Waals surface area contributed by atoms with Crippen LogP contribution in [-0.4, -0.2) is 38.9 Å². The number of carbonyl (C=O) groups is 1. The molecule has 1 fully saturated rings. The monoisotopic (exact) mass is 308 g/mol. The fourth-order valence-corrected chi connectivity index (χ4v) is 2.58. The molecule has 122 valence electrons. The fourth-order valence-electron chi connectivity index (χ4n) is 2.58. The SMILES string of the molecule is COc1ccc(C(C)NC(=O)[C@@H]2CC[C@H](CN)O2)cc1OC. The molecule has 0 spiro atoms. The van der Waals surface area contributed by atoms with Crippen LogP contribution in [0.25, 0.3) is 0 Å². The van der Waals surface area contributed by atoms with E-state index in [-0.39, 0.29) is 18.1 Å². The maximum Gasteiger partial charge on any atom is 0.249 e. The highest BCUT2D eigenvalue weighted by molar-refractivity contribution is 5.81. The van der Waals surface area contributed by atoms with Crippen molar-refractivity contribution in [3.05, 3.63) is 23.8 Å². The Balaban J connectivity index is 2.00. The summed E-state index contributed by atoms with van der Waals surface area (Å²) in [5.41, 5.74) is 6.51. The molecular weight excluding hydrogens is 284 g/mol. The lowest BCUT2D eigenvalue weighted by molar-refractivity contribution is -0.132. The summed E-state index contributed by atoms with van der Waals surface area (Å²) in [5, 5.41) is 2.97. The van der Waals surface area contributed by atoms with Gasteiger partial charge in [0.25, 0.3) is 0 Å². The van der Waals surface area contributed by atoms with Gasteiger partial charge in [-0.1, -0.05) is 6.07 Å². The molecule has 1 aromatic carbocycles. The second kappa shape index (κ2) is 7.47. The maximum absolute atomic E-state index is 12.2. The number of hydrogen-bond donors (Lipinski definition) is 2. The molecule has 1 aromatic rings. The molecule has 2 rings (SSSR count). The van der Waals surface area contributed by atoms with Gasteiger partial charge < -0.3 is 25.3 Å². The standard InChI is InChI=1S/C16H24N2O4/c1-10(11-4-6-13(20-2)15(8-11)21-3)18-16(19)14-7-5-12(9-17)22-14/h4,6,8,10,12,14H,5,7,9,17H2,1-3H3,(H,18,19)/t10?,12-,14+/m1/s1. The van der Waals surface area contributed by atoms with Crippen molar-refractivity contribution in [1.82, 2.24) is 5.32 Å². The van der Waals surface area contributed by atoms with Crippen LogP contribution in [0.1, 0.15) is 31.4 Å². The van der Waals surface area contributed by atoms with Crippen LogP contribution in [-0.2, 0) is 9.53 Å². The van der Waals surface area contributed by atoms with Crippen LogP contribution in [0, 0.1) is 0 Å². The second-order valence-electron chi connectivity index (χ2n) is 5.40. The number of carbonyl (C=O) groups excluding carboxylic acids is 1. The number of ether oxygens (including phenoxy) is 3. The van der Waals surface area contributed by atoms with Crippen LogP contribution in [0.15, 0.2) is 18.2 Å². The first-order valence-corrected chi connectivity index (χ1v) is 7.46. The van der Waals surface area contributed by atoms with Gasteiger partial charge in [-0.25, -0.2) is 0 Å². The van der Waals surface area contributed by atoms with Gasteiger partial charge in [-0.15, -0.1) is 0 Å². The van der Waals surface area contributed by atoms with Gasteiger partial charge >= 0.3 is 0 Å². The third kappa shape index (κ3) is 3.69. The van der Waals surface area contributed by atoms with Gasteiger partial charge in [0, 0.05) is 6.54 Å². The largest absolute Gasteiger partial charge is 0.493 e. The molecule has 3 atom stereocenters. The number of amides is 1. The van der Waals surface area contributed by atoms with Crippen molar-refractivity contribution in [2.75, 3.05) is 20.8 Å². The third-order valence-electron chi connectivity index (χ3n) is 3.93. The Labute approximate surface area is 130 Å². The zero-order chi connectivity index (χ0) is 16.1. The Morgan fingerprint density at radius 1 is 1.36 bits per heavy atom. The van der Waals surface area contributed by atoms with Gasteiger partial charge in [-0.2, -0.15) is 0 Å². The number of rotatable bonds is 6. The normalized spacial score (nSPS) is 22.2. The predicted molar refractivity (Wildman–Crippen MR) is 83.1 cm³/mol. The zero-order valence-electron chi connectivity index (χ0n) is 13.3. The Morgan fingerprint density at radius 3 is 2.68 bits per heavy atom. The Hall–Kier alpha value is -1.79. The first-order chi connectivity index (χ1) is 10.6. The van der Waals surface area contributed by atoms with Crippen molar-refractivity contribution in [3.63, 3.8) is 0 Å². The first-order valence-electron chi connectivity index (χ1n) is 7.46. The lowest BCUT2D eigenvalue weighted by Crippen LogP contribution is -2.37. The van der Waals surface area contributed by atoms with Gasteiger partial charge in [0.1, 0.15) is 6.10 Å². The summed E-state index contributed by atoms with van der Waals surface area (Å²) < 4.78 is 16.1. The van der Waals surface area contributed by atoms with E-state index in [0.29, 0.717) is 24.5 Å². The number of nitrogens with two attached hydrogens (primary N) is 1. The molecule has 1 unspecified atom stereocenters. The predicted octanol–water partition coefficient (Wildman–Crippen LogP) is 1.39. The third-order valence-corrected chi connectivity index (χ3v) is 3.93. The van der Waals surface area contributed by atoms with Crippen molar-refractivity contribution in [2.24, 2.45) is 5.73 Å². The molecule has 1 amide bonds. The molecule has 1 aliphatic heterocycles. The highest BCUT2D eigenvalue weighted by Crippen LogP contribution is 2.30. The fraction of sp³-hybridized carbons (Fsp3) is 0.562. The molecular formula is C16H24N2O4. The first kappa shape index (κ1) is 16.6. The zero-order valence-corrected chi connectivity index (χ0v) is 13.3. The molecule has 6 heteroatoms. The van der Waals surface area contributed by atoms with Crippen LogP contribution >= 0.6 is 0 Å². The summed E-state index contributed by atoms with van der Waals surface area (Å²) in [6.07, 6.45) is 1.13. The summed E-state index contributed by atoms with van der Waals surface area (Å²) in [4.78, 5) is 12.2. The summed E-state index contributed by atoms with van der Waals surface area (Å²) in [6.45, 7) is 2.38. The van der Waals surface area contributed by atoms with E-state index >= 15 is 0 Å². The van der Waals surface area contributed by atoms with E-state index in [0.717, 1.165) is 12.0 Å². The average Bonchev–Trinajstić information content (AvgIpc) is 3.03. The minimum absolute atomic E-state index is 0.00728. The van der Waals surface area contributed by atoms with Crippen LogP contribution < -0.4 is 20.5 Å². The lowest BCUT2D eigenvalue weighted by atomic mass is 10.1. The van der Waals surface area contributed by atoms with Gasteiger partial charge in [-0.3, -0.25) is 4.79 Å². The summed E-state index contributed by atoms with van der Waals surface area (Å²) in [7, 11) is 3.18. The van der Waals surface area contributed by atoms with Gasteiger partial charge in [-0.05, 0) is 37.5 Å². The minimum Gasteiger partial charge on any atom is -0.493 e. The molecule has 1 saturated heterocycles. The number of methoxy groups -OCH3 is 2. The molecule has 6 nitrogen and oxygen atoms in total. The van der Waals surface area contributed by atoms with E-state index in [1.807, 2.05) is 25.1 Å². The highest BCUT2D eigenvalue weighted by Gasteiger charge is 2.30. The molecule has 0 saturated carbocycles. The van der Waals surface area contributed by atoms with E-state index in [1.54, 1.807) is 14.2 Å². The van der Waals surface area contributed by atoms with Crippen molar-refractivity contribution in [2.45, 2.75) is 38.0 Å². The molecule has 0 aliphatic carbocycles. The summed E-state index contributed by atoms with van der Waals surface area (Å²) >= 11 is 0. The maximum atomic E-state index is 12.2. The molecule has 3 N–H and O–H groups in total. The second-order valence-corrected chi connectivity index (χ2v) is 5.40. The van der Waals surface area contributed by atoms with Crippen molar-refractivity contribution >= 4 is 5.91 Å². The molecule has 0 aromatic heterocycles. The van der Waals surface area contributed by atoms with E-state index in [4.69, 9.17) is 19.9 Å². The molecule has 1 heterocycles. The average molecular weight is 308 g/mol.